The molecule has 8 heteroatoms. The SMILES string of the molecule is O=C1CC=C(Nc2ccc(C(=O)Nc3cccc(Cl)c3Cl)cc2)N=N1. The molecule has 0 spiro atoms. The van der Waals surface area contributed by atoms with Gasteiger partial charge in [-0.25, -0.2) is 0 Å². The number of carbonyl (C=O) groups is 2. The minimum atomic E-state index is -0.308. The van der Waals surface area contributed by atoms with E-state index in [1.54, 1.807) is 48.5 Å². The molecule has 3 rings (SSSR count). The molecule has 0 fully saturated rings. The molecule has 2 aromatic rings. The minimum Gasteiger partial charge on any atom is -0.339 e. The van der Waals surface area contributed by atoms with Crippen molar-refractivity contribution >= 4 is 46.4 Å². The van der Waals surface area contributed by atoms with Crippen molar-refractivity contribution in [3.8, 4) is 0 Å². The van der Waals surface area contributed by atoms with Gasteiger partial charge in [0.25, 0.3) is 11.8 Å². The Morgan fingerprint density at radius 2 is 1.80 bits per heavy atom. The zero-order valence-electron chi connectivity index (χ0n) is 12.8. The quantitative estimate of drug-likeness (QED) is 0.799. The van der Waals surface area contributed by atoms with Gasteiger partial charge in [0.1, 0.15) is 5.82 Å². The number of nitrogens with zero attached hydrogens (tertiary/aromatic N) is 2. The number of amides is 2. The van der Waals surface area contributed by atoms with Crippen molar-refractivity contribution in [2.75, 3.05) is 10.6 Å². The van der Waals surface area contributed by atoms with Crippen molar-refractivity contribution in [3.63, 3.8) is 0 Å². The third kappa shape index (κ3) is 4.23. The standard InChI is InChI=1S/C17H12Cl2N4O2/c18-12-2-1-3-13(16(12)19)21-17(25)10-4-6-11(7-5-10)20-14-8-9-15(24)23-22-14/h1-8,20H,9H2,(H,21,25). The molecule has 2 N–H and O–H groups in total. The van der Waals surface area contributed by atoms with Crippen LogP contribution in [-0.2, 0) is 4.79 Å². The molecule has 1 aliphatic heterocycles. The number of halogens is 2. The molecule has 0 aromatic heterocycles. The molecule has 0 unspecified atom stereocenters. The van der Waals surface area contributed by atoms with Crippen LogP contribution >= 0.6 is 23.2 Å². The summed E-state index contributed by atoms with van der Waals surface area (Å²) in [4.78, 5) is 23.3. The van der Waals surface area contributed by atoms with Gasteiger partial charge >= 0.3 is 0 Å². The summed E-state index contributed by atoms with van der Waals surface area (Å²) in [6.45, 7) is 0. The topological polar surface area (TPSA) is 82.9 Å². The van der Waals surface area contributed by atoms with E-state index >= 15 is 0 Å². The van der Waals surface area contributed by atoms with Gasteiger partial charge in [0.05, 0.1) is 22.2 Å². The van der Waals surface area contributed by atoms with E-state index in [9.17, 15) is 9.59 Å². The Kier molecular flexibility index (Phi) is 5.11. The highest BCUT2D eigenvalue weighted by molar-refractivity contribution is 6.44. The second-order valence-corrected chi connectivity index (χ2v) is 5.93. The highest BCUT2D eigenvalue weighted by Gasteiger charge is 2.11. The second kappa shape index (κ2) is 7.46. The first-order valence-electron chi connectivity index (χ1n) is 7.30. The summed E-state index contributed by atoms with van der Waals surface area (Å²) >= 11 is 12.0. The van der Waals surface area contributed by atoms with Crippen molar-refractivity contribution < 1.29 is 9.59 Å². The Morgan fingerprint density at radius 3 is 2.48 bits per heavy atom. The van der Waals surface area contributed by atoms with Crippen molar-refractivity contribution in [2.24, 2.45) is 10.2 Å². The van der Waals surface area contributed by atoms with Gasteiger partial charge in [-0.1, -0.05) is 29.3 Å². The number of benzene rings is 2. The molecule has 1 aliphatic rings. The van der Waals surface area contributed by atoms with Crippen LogP contribution in [-0.4, -0.2) is 11.8 Å². The number of anilines is 2. The number of hydrogen-bond acceptors (Lipinski definition) is 4. The maximum Gasteiger partial charge on any atom is 0.268 e. The van der Waals surface area contributed by atoms with Crippen LogP contribution in [0.3, 0.4) is 0 Å². The molecule has 0 aliphatic carbocycles. The van der Waals surface area contributed by atoms with Crippen LogP contribution in [0.25, 0.3) is 0 Å². The maximum absolute atomic E-state index is 12.3. The molecule has 1 heterocycles. The number of rotatable bonds is 4. The number of carbonyl (C=O) groups excluding carboxylic acids is 2. The molecule has 0 saturated heterocycles. The van der Waals surface area contributed by atoms with E-state index in [1.807, 2.05) is 0 Å². The van der Waals surface area contributed by atoms with E-state index in [0.717, 1.165) is 5.69 Å². The normalized spacial score (nSPS) is 13.4. The van der Waals surface area contributed by atoms with Crippen LogP contribution in [0.4, 0.5) is 11.4 Å². The lowest BCUT2D eigenvalue weighted by Crippen LogP contribution is -2.12. The summed E-state index contributed by atoms with van der Waals surface area (Å²) in [6.07, 6.45) is 1.86. The molecule has 0 bridgehead atoms. The van der Waals surface area contributed by atoms with Gasteiger partial charge in [-0.15, -0.1) is 10.2 Å². The summed E-state index contributed by atoms with van der Waals surface area (Å²) < 4.78 is 0. The molecule has 2 amide bonds. The average Bonchev–Trinajstić information content (AvgIpc) is 2.61. The van der Waals surface area contributed by atoms with Crippen LogP contribution < -0.4 is 10.6 Å². The smallest absolute Gasteiger partial charge is 0.268 e. The van der Waals surface area contributed by atoms with Crippen molar-refractivity contribution in [1.29, 1.82) is 0 Å². The summed E-state index contributed by atoms with van der Waals surface area (Å²) in [6, 6.07) is 11.8. The monoisotopic (exact) mass is 374 g/mol. The zero-order valence-corrected chi connectivity index (χ0v) is 14.3. The van der Waals surface area contributed by atoms with Crippen LogP contribution in [0, 0.1) is 0 Å². The first kappa shape index (κ1) is 17.1. The van der Waals surface area contributed by atoms with E-state index in [0.29, 0.717) is 27.1 Å². The highest BCUT2D eigenvalue weighted by Crippen LogP contribution is 2.29. The predicted molar refractivity (Wildman–Crippen MR) is 97.0 cm³/mol. The lowest BCUT2D eigenvalue weighted by molar-refractivity contribution is -0.117. The molecular formula is C17H12Cl2N4O2. The predicted octanol–water partition coefficient (Wildman–Crippen LogP) is 4.88. The minimum absolute atomic E-state index is 0.215. The van der Waals surface area contributed by atoms with Crippen LogP contribution in [0.2, 0.25) is 10.0 Å². The van der Waals surface area contributed by atoms with Crippen LogP contribution in [0.1, 0.15) is 16.8 Å². The van der Waals surface area contributed by atoms with E-state index in [4.69, 9.17) is 23.2 Å². The lowest BCUT2D eigenvalue weighted by Gasteiger charge is -2.10. The molecule has 0 radical (unpaired) electrons. The Morgan fingerprint density at radius 1 is 1.04 bits per heavy atom. The fourth-order valence-electron chi connectivity index (χ4n) is 2.10. The van der Waals surface area contributed by atoms with Gasteiger partial charge in [-0.05, 0) is 42.5 Å². The zero-order chi connectivity index (χ0) is 17.8. The van der Waals surface area contributed by atoms with Gasteiger partial charge in [0.15, 0.2) is 0 Å². The third-order valence-electron chi connectivity index (χ3n) is 3.36. The second-order valence-electron chi connectivity index (χ2n) is 5.15. The summed E-state index contributed by atoms with van der Waals surface area (Å²) in [5, 5.41) is 13.6. The van der Waals surface area contributed by atoms with Crippen LogP contribution in [0.5, 0.6) is 0 Å². The van der Waals surface area contributed by atoms with Gasteiger partial charge in [-0.2, -0.15) is 0 Å². The summed E-state index contributed by atoms with van der Waals surface area (Å²) in [7, 11) is 0. The van der Waals surface area contributed by atoms with E-state index in [1.165, 1.54) is 0 Å². The molecule has 2 aromatic carbocycles. The molecule has 25 heavy (non-hydrogen) atoms. The molecule has 126 valence electrons. The van der Waals surface area contributed by atoms with Crippen molar-refractivity contribution in [3.05, 3.63) is 70.0 Å². The lowest BCUT2D eigenvalue weighted by atomic mass is 10.2. The van der Waals surface area contributed by atoms with E-state index < -0.39 is 0 Å². The van der Waals surface area contributed by atoms with E-state index in [-0.39, 0.29) is 18.2 Å². The molecule has 6 nitrogen and oxygen atoms in total. The molecule has 0 atom stereocenters. The van der Waals surface area contributed by atoms with Crippen molar-refractivity contribution in [1.82, 2.24) is 0 Å². The van der Waals surface area contributed by atoms with Gasteiger partial charge in [-0.3, -0.25) is 9.59 Å². The average molecular weight is 375 g/mol. The third-order valence-corrected chi connectivity index (χ3v) is 4.18. The summed E-state index contributed by atoms with van der Waals surface area (Å²) in [5.41, 5.74) is 1.62. The highest BCUT2D eigenvalue weighted by atomic mass is 35.5. The van der Waals surface area contributed by atoms with Gasteiger partial charge in [0, 0.05) is 11.3 Å². The van der Waals surface area contributed by atoms with Gasteiger partial charge < -0.3 is 10.6 Å². The Bertz CT molecular complexity index is 892. The number of hydrogen-bond donors (Lipinski definition) is 2. The Hall–Kier alpha value is -2.70. The largest absolute Gasteiger partial charge is 0.339 e. The fourth-order valence-corrected chi connectivity index (χ4v) is 2.45. The number of azo groups is 1. The number of nitrogens with one attached hydrogen (secondary N) is 2. The summed E-state index contributed by atoms with van der Waals surface area (Å²) in [5.74, 6) is -0.0994. The van der Waals surface area contributed by atoms with Crippen LogP contribution in [0.15, 0.2) is 64.6 Å². The first-order chi connectivity index (χ1) is 12.0. The van der Waals surface area contributed by atoms with E-state index in [2.05, 4.69) is 20.9 Å². The van der Waals surface area contributed by atoms with Crippen molar-refractivity contribution in [2.45, 2.75) is 6.42 Å². The Balaban J connectivity index is 1.67. The Labute approximate surface area is 153 Å². The fraction of sp³-hybridized carbons (Fsp3) is 0.0588. The maximum atomic E-state index is 12.3. The molecular weight excluding hydrogens is 363 g/mol. The first-order valence-corrected chi connectivity index (χ1v) is 8.06. The molecule has 0 saturated carbocycles. The van der Waals surface area contributed by atoms with Gasteiger partial charge in [0.2, 0.25) is 0 Å².